The minimum absolute atomic E-state index is 0.577. The Kier molecular flexibility index (Phi) is 4.32. The predicted octanol–water partition coefficient (Wildman–Crippen LogP) is 0.532. The molecule has 0 amide bonds. The molecule has 1 aromatic carbocycles. The molecule has 0 aliphatic carbocycles. The maximum absolute atomic E-state index is 5.56. The molecule has 2 nitrogen and oxygen atoms in total. The molecule has 1 atom stereocenters. The van der Waals surface area contributed by atoms with Crippen LogP contribution in [0.3, 0.4) is 0 Å². The zero-order valence-corrected chi connectivity index (χ0v) is 11.3. The van der Waals surface area contributed by atoms with Crippen LogP contribution in [0, 0.1) is 0 Å². The second-order valence-corrected chi connectivity index (χ2v) is 4.65. The van der Waals surface area contributed by atoms with Crippen LogP contribution in [0.2, 0.25) is 6.04 Å². The molecule has 0 saturated carbocycles. The zero-order chi connectivity index (χ0) is 10.6. The second-order valence-electron chi connectivity index (χ2n) is 3.83. The molecule has 78 valence electrons. The lowest BCUT2D eigenvalue weighted by Gasteiger charge is -2.23. The van der Waals surface area contributed by atoms with E-state index in [2.05, 4.69) is 43.3 Å². The fraction of sp³-hybridized carbons (Fsp3) is 0.455. The summed E-state index contributed by atoms with van der Waals surface area (Å²) in [5.41, 5.74) is 8.18. The molecule has 0 radical (unpaired) electrons. The third-order valence-electron chi connectivity index (χ3n) is 2.61. The lowest BCUT2D eigenvalue weighted by molar-refractivity contribution is 0.321. The fourth-order valence-electron chi connectivity index (χ4n) is 1.77. The first kappa shape index (κ1) is 11.4. The minimum atomic E-state index is 0.577. The zero-order valence-electron chi connectivity index (χ0n) is 9.33. The van der Waals surface area contributed by atoms with E-state index in [9.17, 15) is 0 Å². The molecule has 14 heavy (non-hydrogen) atoms. The topological polar surface area (TPSA) is 29.3 Å². The molecular formula is C11H20N2Si. The molecule has 1 unspecified atom stereocenters. The predicted molar refractivity (Wildman–Crippen MR) is 65.5 cm³/mol. The van der Waals surface area contributed by atoms with Gasteiger partial charge in [0.15, 0.2) is 0 Å². The summed E-state index contributed by atoms with van der Waals surface area (Å²) < 4.78 is 0. The van der Waals surface area contributed by atoms with Crippen molar-refractivity contribution in [2.75, 3.05) is 14.1 Å². The van der Waals surface area contributed by atoms with Crippen molar-refractivity contribution in [1.29, 1.82) is 0 Å². The van der Waals surface area contributed by atoms with E-state index < -0.39 is 0 Å². The molecule has 3 heteroatoms. The van der Waals surface area contributed by atoms with Crippen LogP contribution in [-0.4, -0.2) is 29.2 Å². The molecular weight excluding hydrogens is 188 g/mol. The van der Waals surface area contributed by atoms with E-state index in [0.717, 1.165) is 0 Å². The van der Waals surface area contributed by atoms with Gasteiger partial charge in [-0.3, -0.25) is 0 Å². The lowest BCUT2D eigenvalue weighted by Crippen LogP contribution is -2.19. The first-order valence-electron chi connectivity index (χ1n) is 5.14. The number of benzene rings is 1. The standard InChI is InChI=1S/C11H20N2Si/c1-13(2)11(8-14)10-5-3-9(7-12)4-6-10/h3-6,11H,7-8,12H2,1-2,14H3. The highest BCUT2D eigenvalue weighted by Crippen LogP contribution is 2.21. The van der Waals surface area contributed by atoms with Gasteiger partial charge in [-0.1, -0.05) is 24.3 Å². The number of hydrogen-bond acceptors (Lipinski definition) is 2. The van der Waals surface area contributed by atoms with Crippen molar-refractivity contribution in [3.05, 3.63) is 35.4 Å². The van der Waals surface area contributed by atoms with E-state index in [0.29, 0.717) is 12.6 Å². The highest BCUT2D eigenvalue weighted by molar-refractivity contribution is 6.09. The van der Waals surface area contributed by atoms with E-state index in [-0.39, 0.29) is 0 Å². The number of nitrogens with two attached hydrogens (primary N) is 1. The molecule has 0 fully saturated rings. The SMILES string of the molecule is CN(C)C(C[SiH3])c1ccc(CN)cc1. The van der Waals surface area contributed by atoms with Crippen LogP contribution in [-0.2, 0) is 6.54 Å². The van der Waals surface area contributed by atoms with E-state index in [4.69, 9.17) is 5.73 Å². The van der Waals surface area contributed by atoms with E-state index in [1.165, 1.54) is 27.4 Å². The Balaban J connectivity index is 2.84. The van der Waals surface area contributed by atoms with Gasteiger partial charge in [0, 0.05) is 22.8 Å². The summed E-state index contributed by atoms with van der Waals surface area (Å²) in [6.45, 7) is 0.633. The summed E-state index contributed by atoms with van der Waals surface area (Å²) in [5, 5.41) is 0. The normalized spacial score (nSPS) is 13.4. The third-order valence-corrected chi connectivity index (χ3v) is 3.38. The smallest absolute Gasteiger partial charge is 0.0310 e. The van der Waals surface area contributed by atoms with Gasteiger partial charge in [-0.05, 0) is 31.3 Å². The summed E-state index contributed by atoms with van der Waals surface area (Å²) >= 11 is 0. The molecule has 0 spiro atoms. The summed E-state index contributed by atoms with van der Waals surface area (Å²) in [6, 6.07) is 10.5. The average Bonchev–Trinajstić information content (AvgIpc) is 2.19. The van der Waals surface area contributed by atoms with Crippen molar-refractivity contribution in [3.63, 3.8) is 0 Å². The van der Waals surface area contributed by atoms with Crippen molar-refractivity contribution in [1.82, 2.24) is 4.90 Å². The van der Waals surface area contributed by atoms with Crippen LogP contribution < -0.4 is 5.73 Å². The largest absolute Gasteiger partial charge is 0.326 e. The van der Waals surface area contributed by atoms with Gasteiger partial charge in [0.1, 0.15) is 0 Å². The monoisotopic (exact) mass is 208 g/mol. The molecule has 1 aromatic rings. The van der Waals surface area contributed by atoms with Crippen LogP contribution in [0.5, 0.6) is 0 Å². The average molecular weight is 208 g/mol. The Bertz CT molecular complexity index is 269. The Morgan fingerprint density at radius 2 is 1.86 bits per heavy atom. The van der Waals surface area contributed by atoms with Crippen LogP contribution in [0.4, 0.5) is 0 Å². The van der Waals surface area contributed by atoms with Crippen molar-refractivity contribution >= 4 is 10.2 Å². The Morgan fingerprint density at radius 3 is 2.21 bits per heavy atom. The fourth-order valence-corrected chi connectivity index (χ4v) is 2.98. The summed E-state index contributed by atoms with van der Waals surface area (Å²) in [5.74, 6) is 0. The quantitative estimate of drug-likeness (QED) is 0.732. The summed E-state index contributed by atoms with van der Waals surface area (Å²) in [6.07, 6.45) is 0. The second kappa shape index (κ2) is 5.29. The van der Waals surface area contributed by atoms with Gasteiger partial charge in [-0.2, -0.15) is 0 Å². The van der Waals surface area contributed by atoms with Gasteiger partial charge in [0.2, 0.25) is 0 Å². The van der Waals surface area contributed by atoms with Gasteiger partial charge < -0.3 is 10.6 Å². The molecule has 0 heterocycles. The van der Waals surface area contributed by atoms with Crippen LogP contribution in [0.1, 0.15) is 17.2 Å². The maximum Gasteiger partial charge on any atom is 0.0310 e. The summed E-state index contributed by atoms with van der Waals surface area (Å²) in [7, 11) is 5.51. The van der Waals surface area contributed by atoms with Gasteiger partial charge >= 0.3 is 0 Å². The van der Waals surface area contributed by atoms with Crippen molar-refractivity contribution in [2.24, 2.45) is 5.73 Å². The number of nitrogens with zero attached hydrogens (tertiary/aromatic N) is 1. The van der Waals surface area contributed by atoms with Crippen molar-refractivity contribution < 1.29 is 0 Å². The first-order chi connectivity index (χ1) is 6.69. The van der Waals surface area contributed by atoms with Gasteiger partial charge in [-0.15, -0.1) is 0 Å². The van der Waals surface area contributed by atoms with Crippen LogP contribution >= 0.6 is 0 Å². The van der Waals surface area contributed by atoms with Crippen LogP contribution in [0.25, 0.3) is 0 Å². The Morgan fingerprint density at radius 1 is 1.29 bits per heavy atom. The highest BCUT2D eigenvalue weighted by atomic mass is 28.1. The molecule has 0 bridgehead atoms. The number of rotatable bonds is 4. The van der Waals surface area contributed by atoms with Crippen molar-refractivity contribution in [2.45, 2.75) is 18.6 Å². The Labute approximate surface area is 89.5 Å². The first-order valence-corrected chi connectivity index (χ1v) is 6.55. The molecule has 0 saturated heterocycles. The van der Waals surface area contributed by atoms with Gasteiger partial charge in [-0.25, -0.2) is 0 Å². The number of hydrogen-bond donors (Lipinski definition) is 1. The van der Waals surface area contributed by atoms with E-state index in [1.54, 1.807) is 0 Å². The lowest BCUT2D eigenvalue weighted by atomic mass is 10.1. The van der Waals surface area contributed by atoms with Crippen LogP contribution in [0.15, 0.2) is 24.3 Å². The van der Waals surface area contributed by atoms with E-state index >= 15 is 0 Å². The minimum Gasteiger partial charge on any atom is -0.326 e. The molecule has 0 aromatic heterocycles. The third kappa shape index (κ3) is 2.67. The molecule has 1 rings (SSSR count). The summed E-state index contributed by atoms with van der Waals surface area (Å²) in [4.78, 5) is 2.28. The van der Waals surface area contributed by atoms with E-state index in [1.807, 2.05) is 0 Å². The highest BCUT2D eigenvalue weighted by Gasteiger charge is 2.10. The maximum atomic E-state index is 5.56. The molecule has 0 aliphatic rings. The Hall–Kier alpha value is -0.643. The van der Waals surface area contributed by atoms with Crippen molar-refractivity contribution in [3.8, 4) is 0 Å². The van der Waals surface area contributed by atoms with Gasteiger partial charge in [0.25, 0.3) is 0 Å². The molecule has 2 N–H and O–H groups in total. The molecule has 0 aliphatic heterocycles. The van der Waals surface area contributed by atoms with Gasteiger partial charge in [0.05, 0.1) is 0 Å².